The minimum Gasteiger partial charge on any atom is -0.446 e. The van der Waals surface area contributed by atoms with Crippen LogP contribution in [0.15, 0.2) is 35.4 Å². The van der Waals surface area contributed by atoms with Crippen molar-refractivity contribution in [1.82, 2.24) is 19.9 Å². The molecular formula is C20H27N5O3. The molecule has 1 fully saturated rings. The number of nitrogens with zero attached hydrogens (tertiary/aromatic N) is 3. The summed E-state index contributed by atoms with van der Waals surface area (Å²) >= 11 is 0. The lowest BCUT2D eigenvalue weighted by Crippen LogP contribution is -2.42. The molecule has 150 valence electrons. The lowest BCUT2D eigenvalue weighted by molar-refractivity contribution is 0.0941. The molecule has 2 aromatic heterocycles. The van der Waals surface area contributed by atoms with Crippen LogP contribution in [0.5, 0.6) is 0 Å². The quantitative estimate of drug-likeness (QED) is 0.840. The molecule has 0 bridgehead atoms. The van der Waals surface area contributed by atoms with Gasteiger partial charge in [-0.05, 0) is 45.7 Å². The molecular weight excluding hydrogens is 358 g/mol. The molecule has 1 aliphatic carbocycles. The molecule has 1 aliphatic rings. The van der Waals surface area contributed by atoms with Crippen LogP contribution in [0.25, 0.3) is 11.3 Å². The molecule has 0 saturated heterocycles. The van der Waals surface area contributed by atoms with Crippen molar-refractivity contribution in [2.24, 2.45) is 7.05 Å². The van der Waals surface area contributed by atoms with Gasteiger partial charge in [-0.2, -0.15) is 0 Å². The lowest BCUT2D eigenvalue weighted by atomic mass is 10.1. The van der Waals surface area contributed by atoms with E-state index in [2.05, 4.69) is 20.6 Å². The summed E-state index contributed by atoms with van der Waals surface area (Å²) in [5, 5.41) is 6.14. The second-order valence-corrected chi connectivity index (χ2v) is 8.15. The Labute approximate surface area is 164 Å². The van der Waals surface area contributed by atoms with Gasteiger partial charge in [0.05, 0.1) is 5.69 Å². The maximum atomic E-state index is 12.3. The fraction of sp³-hybridized carbons (Fsp3) is 0.500. The summed E-state index contributed by atoms with van der Waals surface area (Å²) in [7, 11) is 1.69. The van der Waals surface area contributed by atoms with Crippen molar-refractivity contribution < 1.29 is 9.53 Å². The third-order valence-corrected chi connectivity index (χ3v) is 4.58. The van der Waals surface area contributed by atoms with Crippen molar-refractivity contribution in [3.8, 4) is 11.3 Å². The molecule has 0 radical (unpaired) electrons. The molecule has 0 aliphatic heterocycles. The van der Waals surface area contributed by atoms with Gasteiger partial charge in [-0.25, -0.2) is 9.78 Å². The molecule has 0 aromatic carbocycles. The molecule has 2 N–H and O–H groups in total. The van der Waals surface area contributed by atoms with Crippen molar-refractivity contribution in [3.05, 3.63) is 40.9 Å². The maximum Gasteiger partial charge on any atom is 0.407 e. The highest BCUT2D eigenvalue weighted by molar-refractivity contribution is 5.68. The van der Waals surface area contributed by atoms with Crippen LogP contribution >= 0.6 is 0 Å². The SMILES string of the molecule is Cn1c(N[C@@H]2CC[C@@H](OC(=O)NC(C)(C)C)C2)nc(-c2ccncc2)cc1=O. The number of anilines is 1. The highest BCUT2D eigenvalue weighted by Crippen LogP contribution is 2.25. The van der Waals surface area contributed by atoms with E-state index in [0.29, 0.717) is 18.1 Å². The Kier molecular flexibility index (Phi) is 5.67. The number of nitrogens with one attached hydrogen (secondary N) is 2. The molecule has 8 nitrogen and oxygen atoms in total. The zero-order valence-corrected chi connectivity index (χ0v) is 16.7. The van der Waals surface area contributed by atoms with Gasteiger partial charge >= 0.3 is 6.09 Å². The summed E-state index contributed by atoms with van der Waals surface area (Å²) in [6, 6.07) is 5.23. The van der Waals surface area contributed by atoms with Gasteiger partial charge in [-0.1, -0.05) is 0 Å². The molecule has 2 aromatic rings. The van der Waals surface area contributed by atoms with E-state index in [1.54, 1.807) is 19.4 Å². The van der Waals surface area contributed by atoms with Gasteiger partial charge in [0, 0.05) is 49.1 Å². The average molecular weight is 385 g/mol. The number of amides is 1. The number of alkyl carbamates (subject to hydrolysis) is 1. The third kappa shape index (κ3) is 5.09. The first-order chi connectivity index (χ1) is 13.2. The highest BCUT2D eigenvalue weighted by atomic mass is 16.6. The molecule has 8 heteroatoms. The van der Waals surface area contributed by atoms with Crippen molar-refractivity contribution in [1.29, 1.82) is 0 Å². The Balaban J connectivity index is 1.67. The van der Waals surface area contributed by atoms with E-state index >= 15 is 0 Å². The number of pyridine rings is 1. The zero-order valence-electron chi connectivity index (χ0n) is 16.7. The Bertz CT molecular complexity index is 889. The summed E-state index contributed by atoms with van der Waals surface area (Å²) in [5.41, 5.74) is 0.966. The first-order valence-corrected chi connectivity index (χ1v) is 9.45. The fourth-order valence-electron chi connectivity index (χ4n) is 3.19. The number of ether oxygens (including phenoxy) is 1. The Morgan fingerprint density at radius 1 is 1.25 bits per heavy atom. The van der Waals surface area contributed by atoms with Crippen LogP contribution in [0, 0.1) is 0 Å². The van der Waals surface area contributed by atoms with Crippen LogP contribution in [0.3, 0.4) is 0 Å². The van der Waals surface area contributed by atoms with Crippen LogP contribution in [-0.4, -0.2) is 38.3 Å². The Hall–Kier alpha value is -2.90. The lowest BCUT2D eigenvalue weighted by Gasteiger charge is -2.22. The van der Waals surface area contributed by atoms with E-state index in [4.69, 9.17) is 4.74 Å². The predicted octanol–water partition coefficient (Wildman–Crippen LogP) is 2.70. The van der Waals surface area contributed by atoms with E-state index in [1.807, 2.05) is 32.9 Å². The van der Waals surface area contributed by atoms with Gasteiger partial charge < -0.3 is 15.4 Å². The maximum absolute atomic E-state index is 12.3. The molecule has 1 amide bonds. The topological polar surface area (TPSA) is 98.1 Å². The minimum atomic E-state index is -0.400. The van der Waals surface area contributed by atoms with Crippen LogP contribution in [-0.2, 0) is 11.8 Å². The van der Waals surface area contributed by atoms with E-state index in [9.17, 15) is 9.59 Å². The second-order valence-electron chi connectivity index (χ2n) is 8.15. The van der Waals surface area contributed by atoms with E-state index in [0.717, 1.165) is 18.4 Å². The largest absolute Gasteiger partial charge is 0.446 e. The standard InChI is InChI=1S/C20H27N5O3/c1-20(2,3)24-19(27)28-15-6-5-14(11-15)22-18-23-16(12-17(26)25(18)4)13-7-9-21-10-8-13/h7-10,12,14-15H,5-6,11H2,1-4H3,(H,22,23)(H,24,27)/t14-,15-/m1/s1. The van der Waals surface area contributed by atoms with Crippen molar-refractivity contribution in [2.75, 3.05) is 5.32 Å². The molecule has 2 atom stereocenters. The number of hydrogen-bond acceptors (Lipinski definition) is 6. The number of carbonyl (C=O) groups excluding carboxylic acids is 1. The van der Waals surface area contributed by atoms with Crippen molar-refractivity contribution in [3.63, 3.8) is 0 Å². The number of carbonyl (C=O) groups is 1. The molecule has 3 rings (SSSR count). The Morgan fingerprint density at radius 3 is 2.64 bits per heavy atom. The average Bonchev–Trinajstić information content (AvgIpc) is 3.04. The summed E-state index contributed by atoms with van der Waals surface area (Å²) < 4.78 is 7.01. The van der Waals surface area contributed by atoms with Crippen LogP contribution in [0.4, 0.5) is 10.7 Å². The van der Waals surface area contributed by atoms with Gasteiger partial charge in [-0.3, -0.25) is 14.3 Å². The van der Waals surface area contributed by atoms with Crippen LogP contribution in [0.1, 0.15) is 40.0 Å². The first kappa shape index (κ1) is 19.9. The van der Waals surface area contributed by atoms with E-state index in [-0.39, 0.29) is 23.2 Å². The zero-order chi connectivity index (χ0) is 20.3. The van der Waals surface area contributed by atoms with Gasteiger partial charge in [0.25, 0.3) is 5.56 Å². The second kappa shape index (κ2) is 8.00. The van der Waals surface area contributed by atoms with Gasteiger partial charge in [-0.15, -0.1) is 0 Å². The molecule has 28 heavy (non-hydrogen) atoms. The summed E-state index contributed by atoms with van der Waals surface area (Å²) in [6.45, 7) is 5.74. The first-order valence-electron chi connectivity index (χ1n) is 9.45. The van der Waals surface area contributed by atoms with Crippen molar-refractivity contribution in [2.45, 2.75) is 57.7 Å². The highest BCUT2D eigenvalue weighted by Gasteiger charge is 2.29. The summed E-state index contributed by atoms with van der Waals surface area (Å²) in [5.74, 6) is 0.504. The fourth-order valence-corrected chi connectivity index (χ4v) is 3.19. The van der Waals surface area contributed by atoms with Gasteiger partial charge in [0.15, 0.2) is 0 Å². The smallest absolute Gasteiger partial charge is 0.407 e. The van der Waals surface area contributed by atoms with Gasteiger partial charge in [0.1, 0.15) is 6.10 Å². The normalized spacial score (nSPS) is 19.3. The monoisotopic (exact) mass is 385 g/mol. The van der Waals surface area contributed by atoms with Crippen molar-refractivity contribution >= 4 is 12.0 Å². The number of hydrogen-bond donors (Lipinski definition) is 2. The molecule has 2 heterocycles. The predicted molar refractivity (Wildman–Crippen MR) is 107 cm³/mol. The summed E-state index contributed by atoms with van der Waals surface area (Å²) in [4.78, 5) is 32.9. The van der Waals surface area contributed by atoms with Gasteiger partial charge in [0.2, 0.25) is 5.95 Å². The third-order valence-electron chi connectivity index (χ3n) is 4.58. The van der Waals surface area contributed by atoms with E-state index < -0.39 is 6.09 Å². The number of rotatable bonds is 4. The Morgan fingerprint density at radius 2 is 1.96 bits per heavy atom. The van der Waals surface area contributed by atoms with Crippen LogP contribution in [0.2, 0.25) is 0 Å². The molecule has 0 unspecified atom stereocenters. The van der Waals surface area contributed by atoms with E-state index in [1.165, 1.54) is 10.6 Å². The molecule has 0 spiro atoms. The minimum absolute atomic E-state index is 0.0817. The summed E-state index contributed by atoms with van der Waals surface area (Å²) in [6.07, 6.45) is 5.07. The number of aromatic nitrogens is 3. The van der Waals surface area contributed by atoms with Crippen LogP contribution < -0.4 is 16.2 Å². The molecule has 1 saturated carbocycles.